The first-order chi connectivity index (χ1) is 10.2. The summed E-state index contributed by atoms with van der Waals surface area (Å²) in [5.74, 6) is 0.130. The molecule has 0 aromatic heterocycles. The van der Waals surface area contributed by atoms with Gasteiger partial charge in [-0.25, -0.2) is 0 Å². The van der Waals surface area contributed by atoms with Gasteiger partial charge in [0, 0.05) is 13.1 Å². The lowest BCUT2D eigenvalue weighted by molar-refractivity contribution is -0.123. The maximum absolute atomic E-state index is 12.1. The summed E-state index contributed by atoms with van der Waals surface area (Å²) in [5.41, 5.74) is 2.46. The molecule has 1 fully saturated rings. The minimum atomic E-state index is -0.00634. The van der Waals surface area contributed by atoms with Gasteiger partial charge in [-0.2, -0.15) is 0 Å². The van der Waals surface area contributed by atoms with Crippen molar-refractivity contribution in [1.29, 1.82) is 0 Å². The smallest absolute Gasteiger partial charge is 0.237 e. The van der Waals surface area contributed by atoms with Crippen LogP contribution >= 0.6 is 24.8 Å². The van der Waals surface area contributed by atoms with E-state index < -0.39 is 0 Å². The highest BCUT2D eigenvalue weighted by Crippen LogP contribution is 2.09. The number of carbonyl (C=O) groups excluding carboxylic acids is 1. The predicted molar refractivity (Wildman–Crippen MR) is 100 cm³/mol. The Morgan fingerprint density at radius 3 is 2.70 bits per heavy atom. The largest absolute Gasteiger partial charge is 0.351 e. The average Bonchev–Trinajstić information content (AvgIpc) is 2.53. The monoisotopic (exact) mass is 361 g/mol. The first kappa shape index (κ1) is 22.2. The van der Waals surface area contributed by atoms with Gasteiger partial charge in [-0.3, -0.25) is 4.79 Å². The molecule has 0 radical (unpaired) electrons. The van der Waals surface area contributed by atoms with Crippen LogP contribution in [-0.2, 0) is 17.9 Å². The molecule has 1 aliphatic rings. The third-order valence-electron chi connectivity index (χ3n) is 4.08. The summed E-state index contributed by atoms with van der Waals surface area (Å²) in [6.45, 7) is 5.70. The second-order valence-electron chi connectivity index (χ2n) is 5.87. The molecule has 0 saturated carbocycles. The number of carbonyl (C=O) groups is 1. The lowest BCUT2D eigenvalue weighted by Crippen LogP contribution is -2.46. The molecule has 6 heteroatoms. The molecule has 0 spiro atoms. The van der Waals surface area contributed by atoms with E-state index in [0.29, 0.717) is 6.54 Å². The van der Waals surface area contributed by atoms with Crippen molar-refractivity contribution in [3.63, 3.8) is 0 Å². The van der Waals surface area contributed by atoms with E-state index in [4.69, 9.17) is 0 Å². The van der Waals surface area contributed by atoms with Crippen molar-refractivity contribution in [3.05, 3.63) is 35.4 Å². The molecule has 4 nitrogen and oxygen atoms in total. The van der Waals surface area contributed by atoms with Gasteiger partial charge in [-0.05, 0) is 44.1 Å². The molecular formula is C17H29Cl2N3O. The lowest BCUT2D eigenvalue weighted by atomic mass is 10.0. The summed E-state index contributed by atoms with van der Waals surface area (Å²) in [6.07, 6.45) is 3.27. The average molecular weight is 362 g/mol. The predicted octanol–water partition coefficient (Wildman–Crippen LogP) is 2.74. The van der Waals surface area contributed by atoms with Crippen molar-refractivity contribution in [2.75, 3.05) is 20.1 Å². The van der Waals surface area contributed by atoms with Crippen molar-refractivity contribution in [1.82, 2.24) is 15.5 Å². The Balaban J connectivity index is 0.00000242. The molecule has 132 valence electrons. The molecule has 1 saturated heterocycles. The van der Waals surface area contributed by atoms with E-state index in [1.54, 1.807) is 0 Å². The van der Waals surface area contributed by atoms with Crippen LogP contribution in [0.2, 0.25) is 0 Å². The molecule has 1 aromatic carbocycles. The van der Waals surface area contributed by atoms with Crippen molar-refractivity contribution < 1.29 is 4.79 Å². The second-order valence-corrected chi connectivity index (χ2v) is 5.87. The van der Waals surface area contributed by atoms with Gasteiger partial charge in [0.1, 0.15) is 0 Å². The number of hydrogen-bond donors (Lipinski definition) is 2. The van der Waals surface area contributed by atoms with Gasteiger partial charge in [0.25, 0.3) is 0 Å². The highest BCUT2D eigenvalue weighted by molar-refractivity contribution is 5.85. The molecule has 23 heavy (non-hydrogen) atoms. The first-order valence-electron chi connectivity index (χ1n) is 7.96. The van der Waals surface area contributed by atoms with Gasteiger partial charge in [-0.15, -0.1) is 24.8 Å². The Hall–Kier alpha value is -0.810. The van der Waals surface area contributed by atoms with E-state index in [-0.39, 0.29) is 36.8 Å². The minimum Gasteiger partial charge on any atom is -0.351 e. The van der Waals surface area contributed by atoms with Crippen molar-refractivity contribution in [3.8, 4) is 0 Å². The Bertz CT molecular complexity index is 465. The standard InChI is InChI=1S/C17H27N3O.2ClH/c1-3-20(2)13-15-8-6-7-14(11-15)12-19-17(21)16-9-4-5-10-18-16;;/h6-8,11,16,18H,3-5,9-10,12-13H2,1-2H3,(H,19,21);2*1H/t16-;;/m1../s1. The maximum Gasteiger partial charge on any atom is 0.237 e. The van der Waals surface area contributed by atoms with Crippen molar-refractivity contribution in [2.24, 2.45) is 0 Å². The normalized spacial score (nSPS) is 17.1. The van der Waals surface area contributed by atoms with Gasteiger partial charge >= 0.3 is 0 Å². The second kappa shape index (κ2) is 11.7. The quantitative estimate of drug-likeness (QED) is 0.818. The van der Waals surface area contributed by atoms with Crippen LogP contribution in [0.15, 0.2) is 24.3 Å². The Labute approximate surface area is 152 Å². The number of nitrogens with zero attached hydrogens (tertiary/aromatic N) is 1. The summed E-state index contributed by atoms with van der Waals surface area (Å²) in [7, 11) is 2.11. The molecule has 2 N–H and O–H groups in total. The number of piperidine rings is 1. The zero-order chi connectivity index (χ0) is 15.1. The number of amides is 1. The van der Waals surface area contributed by atoms with E-state index in [9.17, 15) is 4.79 Å². The Morgan fingerprint density at radius 1 is 1.30 bits per heavy atom. The highest BCUT2D eigenvalue weighted by atomic mass is 35.5. The zero-order valence-corrected chi connectivity index (χ0v) is 15.6. The van der Waals surface area contributed by atoms with Gasteiger partial charge < -0.3 is 15.5 Å². The Morgan fingerprint density at radius 2 is 2.04 bits per heavy atom. The van der Waals surface area contributed by atoms with E-state index in [1.807, 2.05) is 0 Å². The molecule has 0 bridgehead atoms. The van der Waals surface area contributed by atoms with Gasteiger partial charge in [0.15, 0.2) is 0 Å². The van der Waals surface area contributed by atoms with E-state index in [1.165, 1.54) is 17.5 Å². The summed E-state index contributed by atoms with van der Waals surface area (Å²) in [5, 5.41) is 6.33. The van der Waals surface area contributed by atoms with Crippen LogP contribution in [0.1, 0.15) is 37.3 Å². The maximum atomic E-state index is 12.1. The van der Waals surface area contributed by atoms with Gasteiger partial charge in [-0.1, -0.05) is 37.6 Å². The van der Waals surface area contributed by atoms with Crippen LogP contribution in [0.5, 0.6) is 0 Å². The zero-order valence-electron chi connectivity index (χ0n) is 14.0. The van der Waals surface area contributed by atoms with E-state index >= 15 is 0 Å². The third-order valence-corrected chi connectivity index (χ3v) is 4.08. The molecule has 1 aromatic rings. The summed E-state index contributed by atoms with van der Waals surface area (Å²) < 4.78 is 0. The van der Waals surface area contributed by atoms with Crippen molar-refractivity contribution >= 4 is 30.7 Å². The number of rotatable bonds is 6. The molecule has 1 aliphatic heterocycles. The molecule has 0 unspecified atom stereocenters. The number of benzene rings is 1. The molecule has 2 rings (SSSR count). The van der Waals surface area contributed by atoms with Gasteiger partial charge in [0.2, 0.25) is 5.91 Å². The highest BCUT2D eigenvalue weighted by Gasteiger charge is 2.19. The topological polar surface area (TPSA) is 44.4 Å². The fourth-order valence-electron chi connectivity index (χ4n) is 2.65. The summed E-state index contributed by atoms with van der Waals surface area (Å²) >= 11 is 0. The van der Waals surface area contributed by atoms with Crippen LogP contribution in [-0.4, -0.2) is 37.0 Å². The van der Waals surface area contributed by atoms with Crippen LogP contribution in [0.25, 0.3) is 0 Å². The fraction of sp³-hybridized carbons (Fsp3) is 0.588. The summed E-state index contributed by atoms with van der Waals surface area (Å²) in [4.78, 5) is 14.4. The molecular weight excluding hydrogens is 333 g/mol. The third kappa shape index (κ3) is 7.53. The molecule has 0 aliphatic carbocycles. The van der Waals surface area contributed by atoms with Crippen molar-refractivity contribution in [2.45, 2.75) is 45.3 Å². The van der Waals surface area contributed by atoms with Crippen LogP contribution in [0.3, 0.4) is 0 Å². The number of nitrogens with one attached hydrogen (secondary N) is 2. The first-order valence-corrected chi connectivity index (χ1v) is 7.96. The van der Waals surface area contributed by atoms with Crippen LogP contribution in [0, 0.1) is 0 Å². The van der Waals surface area contributed by atoms with E-state index in [2.05, 4.69) is 53.8 Å². The number of halogens is 2. The fourth-order valence-corrected chi connectivity index (χ4v) is 2.65. The SMILES string of the molecule is CCN(C)Cc1cccc(CNC(=O)[C@H]2CCCCN2)c1.Cl.Cl. The van der Waals surface area contributed by atoms with Crippen LogP contribution < -0.4 is 10.6 Å². The molecule has 1 amide bonds. The molecule has 1 atom stereocenters. The lowest BCUT2D eigenvalue weighted by Gasteiger charge is -2.22. The van der Waals surface area contributed by atoms with Gasteiger partial charge in [0.05, 0.1) is 6.04 Å². The summed E-state index contributed by atoms with van der Waals surface area (Å²) in [6, 6.07) is 8.46. The minimum absolute atomic E-state index is 0. The molecule has 1 heterocycles. The van der Waals surface area contributed by atoms with E-state index in [0.717, 1.165) is 32.5 Å². The number of hydrogen-bond acceptors (Lipinski definition) is 3. The van der Waals surface area contributed by atoms with Crippen LogP contribution in [0.4, 0.5) is 0 Å². The Kier molecular flexibility index (Phi) is 11.3.